The van der Waals surface area contributed by atoms with E-state index in [2.05, 4.69) is 0 Å². The minimum absolute atomic E-state index is 0.415. The summed E-state index contributed by atoms with van der Waals surface area (Å²) in [6.45, 7) is 0. The van der Waals surface area contributed by atoms with Gasteiger partial charge in [0.2, 0.25) is 0 Å². The lowest BCUT2D eigenvalue weighted by molar-refractivity contribution is 1.37. The van der Waals surface area contributed by atoms with Gasteiger partial charge in [-0.1, -0.05) is 34.8 Å². The van der Waals surface area contributed by atoms with Gasteiger partial charge in [0.25, 0.3) is 0 Å². The standard InChI is InChI=1S/C5HCl4I/c6-1-2(7)4(9)5(10)3(1)8/h1H. The summed E-state index contributed by atoms with van der Waals surface area (Å²) in [6, 6.07) is 0. The number of hydrogen-bond donors (Lipinski definition) is 0. The van der Waals surface area contributed by atoms with Crippen molar-refractivity contribution in [2.45, 2.75) is 5.38 Å². The maximum atomic E-state index is 5.73. The average Bonchev–Trinajstić information content (AvgIpc) is 2.07. The summed E-state index contributed by atoms with van der Waals surface area (Å²) in [7, 11) is 0. The van der Waals surface area contributed by atoms with Crippen LogP contribution in [0.1, 0.15) is 0 Å². The number of rotatable bonds is 0. The van der Waals surface area contributed by atoms with Gasteiger partial charge in [-0.15, -0.1) is 11.6 Å². The first kappa shape index (κ1) is 9.46. The molecule has 1 aliphatic carbocycles. The molecule has 10 heavy (non-hydrogen) atoms. The minimum Gasteiger partial charge on any atom is -0.111 e. The van der Waals surface area contributed by atoms with Crippen molar-refractivity contribution in [2.75, 3.05) is 0 Å². The van der Waals surface area contributed by atoms with Crippen molar-refractivity contribution in [3.8, 4) is 0 Å². The Labute approximate surface area is 92.3 Å². The van der Waals surface area contributed by atoms with Gasteiger partial charge in [0.05, 0.1) is 15.1 Å². The zero-order chi connectivity index (χ0) is 7.89. The summed E-state index contributed by atoms with van der Waals surface area (Å²) in [5.74, 6) is 0. The molecule has 0 aromatic carbocycles. The van der Waals surface area contributed by atoms with Crippen LogP contribution < -0.4 is 0 Å². The molecule has 56 valence electrons. The monoisotopic (exact) mass is 328 g/mol. The molecule has 1 aliphatic rings. The topological polar surface area (TPSA) is 0 Å². The summed E-state index contributed by atoms with van der Waals surface area (Å²) < 4.78 is 0.742. The Morgan fingerprint density at radius 1 is 1.10 bits per heavy atom. The van der Waals surface area contributed by atoms with Gasteiger partial charge in [-0.25, -0.2) is 0 Å². The molecule has 0 N–H and O–H groups in total. The smallest absolute Gasteiger partial charge is 0.107 e. The highest BCUT2D eigenvalue weighted by Gasteiger charge is 2.28. The Kier molecular flexibility index (Phi) is 3.21. The second-order valence-electron chi connectivity index (χ2n) is 1.69. The van der Waals surface area contributed by atoms with Crippen molar-refractivity contribution in [1.82, 2.24) is 0 Å². The van der Waals surface area contributed by atoms with Crippen molar-refractivity contribution in [1.29, 1.82) is 0 Å². The van der Waals surface area contributed by atoms with Gasteiger partial charge >= 0.3 is 0 Å². The molecular formula is C5HCl4I. The first-order valence-electron chi connectivity index (χ1n) is 2.30. The summed E-state index contributed by atoms with van der Waals surface area (Å²) in [5, 5.41) is 0.949. The zero-order valence-corrected chi connectivity index (χ0v) is 9.65. The fourth-order valence-corrected chi connectivity index (χ4v) is 2.49. The molecule has 1 atom stereocenters. The van der Waals surface area contributed by atoms with Crippen molar-refractivity contribution in [3.05, 3.63) is 18.7 Å². The SMILES string of the molecule is ClC1=C(Cl)C(Cl)C(Cl)=C1I. The van der Waals surface area contributed by atoms with Crippen LogP contribution in [0.25, 0.3) is 0 Å². The maximum Gasteiger partial charge on any atom is 0.107 e. The molecule has 0 nitrogen and oxygen atoms in total. The van der Waals surface area contributed by atoms with Crippen molar-refractivity contribution >= 4 is 69.0 Å². The Bertz CT molecular complexity index is 206. The molecule has 0 aromatic heterocycles. The van der Waals surface area contributed by atoms with Crippen molar-refractivity contribution < 1.29 is 0 Å². The summed E-state index contributed by atoms with van der Waals surface area (Å²) in [6.07, 6.45) is 0. The van der Waals surface area contributed by atoms with Crippen LogP contribution >= 0.6 is 69.0 Å². The largest absolute Gasteiger partial charge is 0.111 e. The van der Waals surface area contributed by atoms with Gasteiger partial charge in [-0.05, 0) is 22.6 Å². The molecule has 5 heteroatoms. The summed E-state index contributed by atoms with van der Waals surface area (Å²) in [5.41, 5.74) is 0. The minimum atomic E-state index is -0.442. The van der Waals surface area contributed by atoms with Gasteiger partial charge in [0, 0.05) is 3.58 Å². The third-order valence-electron chi connectivity index (χ3n) is 1.06. The molecule has 0 saturated carbocycles. The van der Waals surface area contributed by atoms with Gasteiger partial charge in [0.15, 0.2) is 0 Å². The molecular weight excluding hydrogens is 329 g/mol. The third kappa shape index (κ3) is 1.44. The van der Waals surface area contributed by atoms with E-state index in [1.807, 2.05) is 22.6 Å². The van der Waals surface area contributed by atoms with E-state index in [9.17, 15) is 0 Å². The van der Waals surface area contributed by atoms with Crippen LogP contribution in [-0.4, -0.2) is 5.38 Å². The predicted molar refractivity (Wildman–Crippen MR) is 55.3 cm³/mol. The highest BCUT2D eigenvalue weighted by atomic mass is 127. The van der Waals surface area contributed by atoms with Gasteiger partial charge < -0.3 is 0 Å². The predicted octanol–water partition coefficient (Wildman–Crippen LogP) is 4.18. The first-order valence-corrected chi connectivity index (χ1v) is 4.95. The summed E-state index contributed by atoms with van der Waals surface area (Å²) in [4.78, 5) is 0. The zero-order valence-electron chi connectivity index (χ0n) is 4.47. The third-order valence-corrected chi connectivity index (χ3v) is 4.78. The lowest BCUT2D eigenvalue weighted by Gasteiger charge is -1.97. The van der Waals surface area contributed by atoms with E-state index in [0.717, 1.165) is 3.58 Å². The van der Waals surface area contributed by atoms with Crippen LogP contribution in [0.2, 0.25) is 0 Å². The Morgan fingerprint density at radius 3 is 1.70 bits per heavy atom. The Morgan fingerprint density at radius 2 is 1.60 bits per heavy atom. The Balaban J connectivity index is 3.09. The van der Waals surface area contributed by atoms with Crippen LogP contribution in [0, 0.1) is 0 Å². The van der Waals surface area contributed by atoms with E-state index < -0.39 is 5.38 Å². The molecule has 0 aliphatic heterocycles. The molecule has 0 saturated heterocycles. The Hall–Kier alpha value is 1.37. The van der Waals surface area contributed by atoms with Gasteiger partial charge in [-0.2, -0.15) is 0 Å². The van der Waals surface area contributed by atoms with Crippen molar-refractivity contribution in [2.24, 2.45) is 0 Å². The molecule has 1 rings (SSSR count). The van der Waals surface area contributed by atoms with E-state index in [0.29, 0.717) is 15.1 Å². The fourth-order valence-electron chi connectivity index (χ4n) is 0.543. The van der Waals surface area contributed by atoms with Crippen LogP contribution in [0.15, 0.2) is 18.7 Å². The van der Waals surface area contributed by atoms with E-state index in [4.69, 9.17) is 46.4 Å². The van der Waals surface area contributed by atoms with E-state index >= 15 is 0 Å². The number of hydrogen-bond acceptors (Lipinski definition) is 0. The lowest BCUT2D eigenvalue weighted by Crippen LogP contribution is -1.92. The molecule has 0 spiro atoms. The maximum absolute atomic E-state index is 5.73. The van der Waals surface area contributed by atoms with E-state index in [1.54, 1.807) is 0 Å². The average molecular weight is 330 g/mol. The summed E-state index contributed by atoms with van der Waals surface area (Å²) >= 11 is 24.9. The van der Waals surface area contributed by atoms with Crippen molar-refractivity contribution in [3.63, 3.8) is 0 Å². The second-order valence-corrected chi connectivity index (χ2v) is 4.39. The lowest BCUT2D eigenvalue weighted by atomic mass is 10.5. The second kappa shape index (κ2) is 3.40. The number of alkyl halides is 1. The van der Waals surface area contributed by atoms with Crippen LogP contribution in [0.3, 0.4) is 0 Å². The van der Waals surface area contributed by atoms with E-state index in [1.165, 1.54) is 0 Å². The van der Waals surface area contributed by atoms with Gasteiger partial charge in [-0.3, -0.25) is 0 Å². The molecule has 0 fully saturated rings. The highest BCUT2D eigenvalue weighted by molar-refractivity contribution is 14.1. The molecule has 0 bridgehead atoms. The van der Waals surface area contributed by atoms with Crippen LogP contribution in [0.5, 0.6) is 0 Å². The number of halogens is 5. The van der Waals surface area contributed by atoms with E-state index in [-0.39, 0.29) is 0 Å². The van der Waals surface area contributed by atoms with Crippen LogP contribution in [-0.2, 0) is 0 Å². The molecule has 0 heterocycles. The van der Waals surface area contributed by atoms with Crippen LogP contribution in [0.4, 0.5) is 0 Å². The molecule has 0 radical (unpaired) electrons. The highest BCUT2D eigenvalue weighted by Crippen LogP contribution is 2.44. The molecule has 0 aromatic rings. The van der Waals surface area contributed by atoms with Gasteiger partial charge in [0.1, 0.15) is 5.38 Å². The molecule has 0 amide bonds. The normalized spacial score (nSPS) is 26.7. The first-order chi connectivity index (χ1) is 4.55. The number of allylic oxidation sites excluding steroid dienone is 4. The molecule has 1 unspecified atom stereocenters. The fraction of sp³-hybridized carbons (Fsp3) is 0.200. The quantitative estimate of drug-likeness (QED) is 0.462.